The number of likely N-dealkylation sites (N-methyl/N-ethyl adjacent to an activating group) is 1. The molecule has 2 aliphatic rings. The lowest BCUT2D eigenvalue weighted by Crippen LogP contribution is -2.43. The molecule has 0 radical (unpaired) electrons. The van der Waals surface area contributed by atoms with Gasteiger partial charge in [-0.3, -0.25) is 9.59 Å². The van der Waals surface area contributed by atoms with Crippen LogP contribution in [0.3, 0.4) is 0 Å². The van der Waals surface area contributed by atoms with Gasteiger partial charge >= 0.3 is 6.18 Å². The molecule has 0 saturated heterocycles. The number of nitroso groups, excluding NO2 is 1. The van der Waals surface area contributed by atoms with E-state index in [9.17, 15) is 27.7 Å². The zero-order chi connectivity index (χ0) is 33.4. The Morgan fingerprint density at radius 2 is 1.89 bits per heavy atom. The Morgan fingerprint density at radius 1 is 1.20 bits per heavy atom. The number of carbonyl (C=O) groups is 2. The molecule has 44 heavy (non-hydrogen) atoms. The molecule has 3 rings (SSSR count). The molecular formula is C32H47F3N6O3. The SMILES string of the molecule is CC(=O)C1=C(C)N(C)C(C(F)(F)F)C=C1.CCCC(CCC(C)C)NC.CN1C=NN(/C(C=O)=C\c2cccc(N=O)c2)C1. The van der Waals surface area contributed by atoms with Crippen molar-refractivity contribution in [1.29, 1.82) is 0 Å². The normalized spacial score (nSPS) is 17.2. The van der Waals surface area contributed by atoms with Gasteiger partial charge in [0.15, 0.2) is 12.1 Å². The van der Waals surface area contributed by atoms with Crippen molar-refractivity contribution < 1.29 is 22.8 Å². The zero-order valence-electron chi connectivity index (χ0n) is 27.1. The first-order valence-electron chi connectivity index (χ1n) is 14.7. The minimum absolute atomic E-state index is 0.226. The summed E-state index contributed by atoms with van der Waals surface area (Å²) in [4.78, 5) is 35.5. The highest BCUT2D eigenvalue weighted by atomic mass is 19.4. The van der Waals surface area contributed by atoms with E-state index >= 15 is 0 Å². The quantitative estimate of drug-likeness (QED) is 0.164. The number of alkyl halides is 3. The van der Waals surface area contributed by atoms with Crippen LogP contribution in [0.5, 0.6) is 0 Å². The predicted molar refractivity (Wildman–Crippen MR) is 171 cm³/mol. The van der Waals surface area contributed by atoms with Gasteiger partial charge in [-0.2, -0.15) is 18.3 Å². The van der Waals surface area contributed by atoms with Gasteiger partial charge < -0.3 is 15.1 Å². The minimum Gasteiger partial charge on any atom is -0.363 e. The summed E-state index contributed by atoms with van der Waals surface area (Å²) in [5.41, 5.74) is 2.18. The summed E-state index contributed by atoms with van der Waals surface area (Å²) in [5.74, 6) is 0.624. The number of carbonyl (C=O) groups excluding carboxylic acids is 2. The van der Waals surface area contributed by atoms with Gasteiger partial charge in [0, 0.05) is 31.4 Å². The van der Waals surface area contributed by atoms with Crippen LogP contribution in [0.4, 0.5) is 18.9 Å². The maximum Gasteiger partial charge on any atom is 0.412 e. The average Bonchev–Trinajstić information content (AvgIpc) is 3.41. The minimum atomic E-state index is -4.31. The Labute approximate surface area is 259 Å². The monoisotopic (exact) mass is 620 g/mol. The molecular weight excluding hydrogens is 573 g/mol. The number of allylic oxidation sites excluding steroid dienone is 4. The first-order valence-corrected chi connectivity index (χ1v) is 14.7. The smallest absolute Gasteiger partial charge is 0.363 e. The molecule has 2 unspecified atom stereocenters. The van der Waals surface area contributed by atoms with Crippen molar-refractivity contribution in [3.63, 3.8) is 0 Å². The number of ketones is 1. The van der Waals surface area contributed by atoms with Gasteiger partial charge in [0.1, 0.15) is 30.4 Å². The third-order valence-corrected chi connectivity index (χ3v) is 7.09. The van der Waals surface area contributed by atoms with Crippen LogP contribution in [0.1, 0.15) is 65.9 Å². The van der Waals surface area contributed by atoms with E-state index in [1.807, 2.05) is 11.9 Å². The van der Waals surface area contributed by atoms with Crippen molar-refractivity contribution in [3.05, 3.63) is 63.9 Å². The third-order valence-electron chi connectivity index (χ3n) is 7.09. The highest BCUT2D eigenvalue weighted by molar-refractivity contribution is 5.97. The summed E-state index contributed by atoms with van der Waals surface area (Å²) in [5, 5.41) is 11.9. The number of benzene rings is 1. The van der Waals surface area contributed by atoms with Crippen LogP contribution in [0.25, 0.3) is 6.08 Å². The van der Waals surface area contributed by atoms with Crippen molar-refractivity contribution in [3.8, 4) is 0 Å². The third kappa shape index (κ3) is 12.8. The Morgan fingerprint density at radius 3 is 2.36 bits per heavy atom. The first-order chi connectivity index (χ1) is 20.7. The molecule has 9 nitrogen and oxygen atoms in total. The Bertz CT molecular complexity index is 1210. The van der Waals surface area contributed by atoms with Gasteiger partial charge in [-0.1, -0.05) is 51.5 Å². The summed E-state index contributed by atoms with van der Waals surface area (Å²) in [7, 11) is 5.27. The Kier molecular flexibility index (Phi) is 16.3. The van der Waals surface area contributed by atoms with Gasteiger partial charge in [-0.25, -0.2) is 5.01 Å². The number of aldehydes is 1. The molecule has 244 valence electrons. The maximum atomic E-state index is 12.5. The number of rotatable bonds is 11. The van der Waals surface area contributed by atoms with Gasteiger partial charge in [0.2, 0.25) is 0 Å². The average molecular weight is 621 g/mol. The number of nitrogens with zero attached hydrogens (tertiary/aromatic N) is 5. The Balaban J connectivity index is 0.000000341. The number of halogens is 3. The van der Waals surface area contributed by atoms with Crippen LogP contribution in [-0.2, 0) is 9.59 Å². The summed E-state index contributed by atoms with van der Waals surface area (Å²) < 4.78 is 37.5. The number of Topliss-reactive ketones (excluding diaryl/α,β-unsaturated/α-hetero) is 1. The number of hydrazone groups is 1. The zero-order valence-corrected chi connectivity index (χ0v) is 27.1. The lowest BCUT2D eigenvalue weighted by Gasteiger charge is -2.33. The standard InChI is InChI=1S/C12H12N4O2.C10H12F3NO.C10H23N/c1-15-8-13-16(9-15)12(7-17)6-10-3-2-4-11(5-10)14-18;1-6-8(7(2)15)4-5-9(14(6)3)10(11,12)13;1-5-6-10(11-4)8-7-9(2)3/h2-8H,9H2,1H3;4-5,9H,1-3H3;9-11H,5-8H2,1-4H3/b12-6-;;. The summed E-state index contributed by atoms with van der Waals surface area (Å²) in [6.45, 7) is 10.2. The lowest BCUT2D eigenvalue weighted by molar-refractivity contribution is -0.163. The molecule has 0 aromatic heterocycles. The molecule has 12 heteroatoms. The van der Waals surface area contributed by atoms with Gasteiger partial charge in [-0.05, 0) is 75.0 Å². The molecule has 2 heterocycles. The van der Waals surface area contributed by atoms with Crippen molar-refractivity contribution in [2.75, 3.05) is 27.8 Å². The van der Waals surface area contributed by atoms with Crippen LogP contribution in [0.2, 0.25) is 0 Å². The van der Waals surface area contributed by atoms with Gasteiger partial charge in [-0.15, -0.1) is 4.91 Å². The molecule has 0 fully saturated rings. The molecule has 0 amide bonds. The molecule has 1 aromatic carbocycles. The number of nitrogens with one attached hydrogen (secondary N) is 1. The summed E-state index contributed by atoms with van der Waals surface area (Å²) in [6.07, 6.45) is 7.28. The van der Waals surface area contributed by atoms with E-state index in [0.717, 1.165) is 34.8 Å². The van der Waals surface area contributed by atoms with Crippen molar-refractivity contribution in [1.82, 2.24) is 20.1 Å². The van der Waals surface area contributed by atoms with Crippen molar-refractivity contribution in [2.45, 2.75) is 78.6 Å². The number of hydrogen-bond acceptors (Lipinski definition) is 9. The second-order valence-corrected chi connectivity index (χ2v) is 11.2. The molecule has 0 spiro atoms. The summed E-state index contributed by atoms with van der Waals surface area (Å²) in [6, 6.07) is 5.83. The topological polar surface area (TPSA) is 97.7 Å². The highest BCUT2D eigenvalue weighted by Crippen LogP contribution is 2.31. The highest BCUT2D eigenvalue weighted by Gasteiger charge is 2.42. The van der Waals surface area contributed by atoms with E-state index in [-0.39, 0.29) is 5.78 Å². The second kappa shape index (κ2) is 18.8. The van der Waals surface area contributed by atoms with Crippen molar-refractivity contribution in [2.24, 2.45) is 16.2 Å². The van der Waals surface area contributed by atoms with E-state index < -0.39 is 12.2 Å². The largest absolute Gasteiger partial charge is 0.412 e. The van der Waals surface area contributed by atoms with E-state index in [0.29, 0.717) is 29.3 Å². The molecule has 2 atom stereocenters. The predicted octanol–water partition coefficient (Wildman–Crippen LogP) is 6.87. The molecule has 2 aliphatic heterocycles. The maximum absolute atomic E-state index is 12.5. The molecule has 0 aliphatic carbocycles. The van der Waals surface area contributed by atoms with Crippen LogP contribution < -0.4 is 5.32 Å². The van der Waals surface area contributed by atoms with Crippen LogP contribution in [-0.4, -0.2) is 79.3 Å². The summed E-state index contributed by atoms with van der Waals surface area (Å²) >= 11 is 0. The van der Waals surface area contributed by atoms with E-state index in [1.54, 1.807) is 41.7 Å². The van der Waals surface area contributed by atoms with Gasteiger partial charge in [0.05, 0.1) is 0 Å². The van der Waals surface area contributed by atoms with Gasteiger partial charge in [0.25, 0.3) is 0 Å². The first kappa shape index (κ1) is 38.2. The molecule has 1 aromatic rings. The second-order valence-electron chi connectivity index (χ2n) is 11.2. The fraction of sp³-hybridized carbons (Fsp3) is 0.531. The molecule has 0 saturated carbocycles. The van der Waals surface area contributed by atoms with E-state index in [1.165, 1.54) is 52.7 Å². The fourth-order valence-electron chi connectivity index (χ4n) is 4.45. The van der Waals surface area contributed by atoms with Crippen LogP contribution >= 0.6 is 0 Å². The number of hydrogen-bond donors (Lipinski definition) is 1. The van der Waals surface area contributed by atoms with Crippen molar-refractivity contribution >= 4 is 30.2 Å². The van der Waals surface area contributed by atoms with E-state index in [4.69, 9.17) is 0 Å². The lowest BCUT2D eigenvalue weighted by atomic mass is 10.0. The van der Waals surface area contributed by atoms with E-state index in [2.05, 4.69) is 43.4 Å². The Hall–Kier alpha value is -3.80. The molecule has 0 bridgehead atoms. The molecule has 1 N–H and O–H groups in total. The van der Waals surface area contributed by atoms with Crippen LogP contribution in [0.15, 0.2) is 63.7 Å². The fourth-order valence-corrected chi connectivity index (χ4v) is 4.45. The van der Waals surface area contributed by atoms with Crippen LogP contribution in [0, 0.1) is 10.8 Å².